The summed E-state index contributed by atoms with van der Waals surface area (Å²) in [5, 5.41) is 3.00. The molecule has 0 aliphatic rings. The molecule has 0 bridgehead atoms. The number of amides is 1. The van der Waals surface area contributed by atoms with Crippen molar-refractivity contribution in [2.45, 2.75) is 53.0 Å². The Morgan fingerprint density at radius 2 is 1.75 bits per heavy atom. The van der Waals surface area contributed by atoms with E-state index in [1.165, 1.54) is 4.31 Å². The number of nitrogens with one attached hydrogen (secondary N) is 1. The minimum Gasteiger partial charge on any atom is -0.324 e. The van der Waals surface area contributed by atoms with Crippen LogP contribution in [0.2, 0.25) is 0 Å². The second kappa shape index (κ2) is 8.78. The van der Waals surface area contributed by atoms with Gasteiger partial charge in [0.15, 0.2) is 0 Å². The van der Waals surface area contributed by atoms with Crippen molar-refractivity contribution in [2.24, 2.45) is 0 Å². The minimum absolute atomic E-state index is 0.234. The van der Waals surface area contributed by atoms with Gasteiger partial charge in [-0.15, -0.1) is 0 Å². The van der Waals surface area contributed by atoms with Gasteiger partial charge < -0.3 is 5.32 Å². The normalized spacial score (nSPS) is 12.7. The Kier molecular flexibility index (Phi) is 6.88. The van der Waals surface area contributed by atoms with Crippen LogP contribution in [0.4, 0.5) is 11.4 Å². The van der Waals surface area contributed by atoms with E-state index in [4.69, 9.17) is 0 Å². The maximum Gasteiger partial charge on any atom is 0.248 e. The Hall–Kier alpha value is -2.34. The van der Waals surface area contributed by atoms with Gasteiger partial charge in [-0.2, -0.15) is 0 Å². The highest BCUT2D eigenvalue weighted by Crippen LogP contribution is 2.29. The third-order valence-corrected chi connectivity index (χ3v) is 5.94. The molecule has 0 heterocycles. The van der Waals surface area contributed by atoms with Gasteiger partial charge in [-0.1, -0.05) is 51.1 Å². The van der Waals surface area contributed by atoms with Crippen molar-refractivity contribution in [3.63, 3.8) is 0 Å². The van der Waals surface area contributed by atoms with Crippen LogP contribution < -0.4 is 9.62 Å². The molecule has 0 spiro atoms. The summed E-state index contributed by atoms with van der Waals surface area (Å²) >= 11 is 0. The molecule has 6 heteroatoms. The van der Waals surface area contributed by atoms with Gasteiger partial charge in [-0.05, 0) is 55.0 Å². The Labute approximate surface area is 168 Å². The molecule has 0 aromatic heterocycles. The lowest BCUT2D eigenvalue weighted by Gasteiger charge is -2.31. The summed E-state index contributed by atoms with van der Waals surface area (Å²) in [7, 11) is -3.65. The highest BCUT2D eigenvalue weighted by Gasteiger charge is 2.32. The van der Waals surface area contributed by atoms with Gasteiger partial charge in [0.1, 0.15) is 6.04 Å². The smallest absolute Gasteiger partial charge is 0.248 e. The molecule has 2 rings (SSSR count). The van der Waals surface area contributed by atoms with Gasteiger partial charge in [-0.3, -0.25) is 9.10 Å². The summed E-state index contributed by atoms with van der Waals surface area (Å²) < 4.78 is 26.4. The van der Waals surface area contributed by atoms with Crippen LogP contribution in [-0.4, -0.2) is 26.6 Å². The predicted octanol–water partition coefficient (Wildman–Crippen LogP) is 4.61. The van der Waals surface area contributed by atoms with Crippen LogP contribution in [0.1, 0.15) is 49.8 Å². The molecule has 28 heavy (non-hydrogen) atoms. The van der Waals surface area contributed by atoms with E-state index in [-0.39, 0.29) is 11.8 Å². The molecule has 5 nitrogen and oxygen atoms in total. The summed E-state index contributed by atoms with van der Waals surface area (Å²) in [5.74, 6) is -0.0938. The van der Waals surface area contributed by atoms with Gasteiger partial charge in [0.2, 0.25) is 15.9 Å². The van der Waals surface area contributed by atoms with Crippen LogP contribution in [0, 0.1) is 13.8 Å². The number of para-hydroxylation sites is 1. The number of sulfonamides is 1. The molecule has 0 saturated heterocycles. The molecule has 0 aliphatic heterocycles. The number of carbonyl (C=O) groups excluding carboxylic acids is 1. The number of benzene rings is 2. The first-order valence-electron chi connectivity index (χ1n) is 9.52. The molecular formula is C22H30N2O3S. The number of anilines is 2. The Bertz CT molecular complexity index is 952. The highest BCUT2D eigenvalue weighted by molar-refractivity contribution is 7.92. The maximum atomic E-state index is 13.2. The topological polar surface area (TPSA) is 66.5 Å². The Balaban J connectivity index is 2.47. The number of nitrogens with zero attached hydrogens (tertiary/aromatic N) is 1. The maximum absolute atomic E-state index is 13.2. The summed E-state index contributed by atoms with van der Waals surface area (Å²) in [6, 6.07) is 12.3. The van der Waals surface area contributed by atoms with Crippen LogP contribution >= 0.6 is 0 Å². The molecule has 1 atom stereocenters. The van der Waals surface area contributed by atoms with Crippen LogP contribution in [0.15, 0.2) is 42.5 Å². The lowest BCUT2D eigenvalue weighted by atomic mass is 9.98. The van der Waals surface area contributed by atoms with Gasteiger partial charge in [-0.25, -0.2) is 8.42 Å². The van der Waals surface area contributed by atoms with Crippen molar-refractivity contribution in [3.05, 3.63) is 59.2 Å². The van der Waals surface area contributed by atoms with Crippen LogP contribution in [-0.2, 0) is 14.8 Å². The minimum atomic E-state index is -3.65. The van der Waals surface area contributed by atoms with Crippen molar-refractivity contribution in [3.8, 4) is 0 Å². The number of carbonyl (C=O) groups is 1. The van der Waals surface area contributed by atoms with Crippen molar-refractivity contribution < 1.29 is 13.2 Å². The summed E-state index contributed by atoms with van der Waals surface area (Å²) in [4.78, 5) is 13.2. The van der Waals surface area contributed by atoms with E-state index in [1.807, 2.05) is 45.0 Å². The van der Waals surface area contributed by atoms with Crippen molar-refractivity contribution >= 4 is 27.3 Å². The standard InChI is InChI=1S/C22H30N2O3S/c1-7-20(24(28(6,26)27)18-12-8-10-16(4)14-18)22(25)23-21-17(5)11-9-13-19(21)15(2)3/h8-15,20H,7H2,1-6H3,(H,23,25). The van der Waals surface area contributed by atoms with E-state index in [0.717, 1.165) is 28.6 Å². The summed E-state index contributed by atoms with van der Waals surface area (Å²) in [5.41, 5.74) is 4.18. The Morgan fingerprint density at radius 1 is 1.11 bits per heavy atom. The fourth-order valence-electron chi connectivity index (χ4n) is 3.37. The van der Waals surface area contributed by atoms with E-state index in [2.05, 4.69) is 19.2 Å². The molecule has 2 aromatic carbocycles. The summed E-state index contributed by atoms with van der Waals surface area (Å²) in [6.07, 6.45) is 1.49. The van der Waals surface area contributed by atoms with Crippen LogP contribution in [0.5, 0.6) is 0 Å². The lowest BCUT2D eigenvalue weighted by molar-refractivity contribution is -0.117. The highest BCUT2D eigenvalue weighted by atomic mass is 32.2. The quantitative estimate of drug-likeness (QED) is 0.735. The molecule has 0 fully saturated rings. The van der Waals surface area contributed by atoms with Gasteiger partial charge >= 0.3 is 0 Å². The van der Waals surface area contributed by atoms with E-state index in [0.29, 0.717) is 12.1 Å². The molecule has 0 radical (unpaired) electrons. The van der Waals surface area contributed by atoms with Crippen molar-refractivity contribution in [1.82, 2.24) is 0 Å². The zero-order chi connectivity index (χ0) is 21.1. The zero-order valence-corrected chi connectivity index (χ0v) is 18.3. The monoisotopic (exact) mass is 402 g/mol. The molecule has 2 aromatic rings. The van der Waals surface area contributed by atoms with E-state index >= 15 is 0 Å². The van der Waals surface area contributed by atoms with E-state index < -0.39 is 16.1 Å². The molecule has 1 N–H and O–H groups in total. The van der Waals surface area contributed by atoms with E-state index in [9.17, 15) is 13.2 Å². The predicted molar refractivity (Wildman–Crippen MR) is 116 cm³/mol. The number of aryl methyl sites for hydroxylation is 2. The number of hydrogen-bond donors (Lipinski definition) is 1. The fourth-order valence-corrected chi connectivity index (χ4v) is 4.58. The van der Waals surface area contributed by atoms with Crippen molar-refractivity contribution in [1.29, 1.82) is 0 Å². The van der Waals surface area contributed by atoms with Crippen LogP contribution in [0.3, 0.4) is 0 Å². The largest absolute Gasteiger partial charge is 0.324 e. The SMILES string of the molecule is CCC(C(=O)Nc1c(C)cccc1C(C)C)N(c1cccc(C)c1)S(C)(=O)=O. The second-order valence-corrected chi connectivity index (χ2v) is 9.36. The lowest BCUT2D eigenvalue weighted by Crippen LogP contribution is -2.47. The molecule has 152 valence electrons. The average Bonchev–Trinajstić information content (AvgIpc) is 2.59. The van der Waals surface area contributed by atoms with Gasteiger partial charge in [0.05, 0.1) is 11.9 Å². The van der Waals surface area contributed by atoms with E-state index in [1.54, 1.807) is 18.2 Å². The van der Waals surface area contributed by atoms with Crippen molar-refractivity contribution in [2.75, 3.05) is 15.9 Å². The van der Waals surface area contributed by atoms with Gasteiger partial charge in [0, 0.05) is 5.69 Å². The first-order valence-corrected chi connectivity index (χ1v) is 11.4. The number of rotatable bonds is 7. The Morgan fingerprint density at radius 3 is 2.29 bits per heavy atom. The summed E-state index contributed by atoms with van der Waals surface area (Å²) in [6.45, 7) is 9.79. The molecule has 0 saturated carbocycles. The molecule has 1 unspecified atom stereocenters. The number of hydrogen-bond acceptors (Lipinski definition) is 3. The first kappa shape index (κ1) is 22.0. The zero-order valence-electron chi connectivity index (χ0n) is 17.5. The van der Waals surface area contributed by atoms with Gasteiger partial charge in [0.25, 0.3) is 0 Å². The van der Waals surface area contributed by atoms with Crippen LogP contribution in [0.25, 0.3) is 0 Å². The molecule has 1 amide bonds. The second-order valence-electron chi connectivity index (χ2n) is 7.50. The molecular weight excluding hydrogens is 372 g/mol. The first-order chi connectivity index (χ1) is 13.1. The average molecular weight is 403 g/mol. The fraction of sp³-hybridized carbons (Fsp3) is 0.409. The third kappa shape index (κ3) is 4.93. The third-order valence-electron chi connectivity index (χ3n) is 4.76. The molecule has 0 aliphatic carbocycles.